The number of Topliss-reactive ketones (excluding diaryl/α,β-unsaturated/α-hetero) is 3. The van der Waals surface area contributed by atoms with Crippen molar-refractivity contribution in [1.82, 2.24) is 5.32 Å². The minimum absolute atomic E-state index is 0.0882. The van der Waals surface area contributed by atoms with E-state index in [1.165, 1.54) is 11.1 Å². The Balaban J connectivity index is 1.27. The maximum Gasteiger partial charge on any atom is 0.211 e. The van der Waals surface area contributed by atoms with Gasteiger partial charge < -0.3 is 5.32 Å². The van der Waals surface area contributed by atoms with Gasteiger partial charge in [-0.25, -0.2) is 0 Å². The fourth-order valence-corrected chi connectivity index (χ4v) is 4.90. The summed E-state index contributed by atoms with van der Waals surface area (Å²) in [5.41, 5.74) is 6.15. The molecule has 0 aromatic heterocycles. The maximum atomic E-state index is 12.8. The first-order valence-electron chi connectivity index (χ1n) is 11.1. The molecule has 0 spiro atoms. The van der Waals surface area contributed by atoms with Crippen LogP contribution >= 0.6 is 11.6 Å². The summed E-state index contributed by atoms with van der Waals surface area (Å²) in [4.78, 5) is 38.1. The maximum absolute atomic E-state index is 12.8. The van der Waals surface area contributed by atoms with Crippen LogP contribution in [0, 0.1) is 0 Å². The van der Waals surface area contributed by atoms with Crippen molar-refractivity contribution in [2.45, 2.75) is 32.2 Å². The molecule has 0 aliphatic heterocycles. The molecule has 0 atom stereocenters. The monoisotopic (exact) mass is 455 g/mol. The first-order valence-corrected chi connectivity index (χ1v) is 11.4. The van der Waals surface area contributed by atoms with Gasteiger partial charge in [0.15, 0.2) is 5.78 Å². The predicted octanol–water partition coefficient (Wildman–Crippen LogP) is 5.22. The molecule has 0 heterocycles. The molecule has 5 rings (SSSR count). The van der Waals surface area contributed by atoms with E-state index >= 15 is 0 Å². The third-order valence-electron chi connectivity index (χ3n) is 6.40. The van der Waals surface area contributed by atoms with Gasteiger partial charge in [-0.05, 0) is 41.5 Å². The fourth-order valence-electron chi connectivity index (χ4n) is 4.64. The molecule has 0 saturated heterocycles. The van der Waals surface area contributed by atoms with Crippen molar-refractivity contribution >= 4 is 29.0 Å². The van der Waals surface area contributed by atoms with Crippen LogP contribution < -0.4 is 5.32 Å². The molecule has 0 bridgehead atoms. The molecule has 1 N–H and O–H groups in total. The number of halogens is 1. The van der Waals surface area contributed by atoms with Crippen LogP contribution in [0.3, 0.4) is 0 Å². The topological polar surface area (TPSA) is 63.2 Å². The van der Waals surface area contributed by atoms with Crippen molar-refractivity contribution in [1.29, 1.82) is 0 Å². The number of allylic oxidation sites excluding steroid dienone is 2. The highest BCUT2D eigenvalue weighted by molar-refractivity contribution is 6.49. The van der Waals surface area contributed by atoms with Crippen molar-refractivity contribution in [3.8, 4) is 0 Å². The summed E-state index contributed by atoms with van der Waals surface area (Å²) in [5.74, 6) is -0.565. The van der Waals surface area contributed by atoms with Crippen molar-refractivity contribution in [2.75, 3.05) is 0 Å². The number of aryl methyl sites for hydroxylation is 1. The summed E-state index contributed by atoms with van der Waals surface area (Å²) in [5, 5.41) is 2.92. The SMILES string of the molecule is O=C(Cc1cccc2c1CCC2)c1ccc(CNC2=C(Cl)C(=O)c3ccccc3C2=O)cc1. The zero-order chi connectivity index (χ0) is 22.9. The van der Waals surface area contributed by atoms with E-state index in [0.29, 0.717) is 29.7 Å². The van der Waals surface area contributed by atoms with Crippen LogP contribution in [0.5, 0.6) is 0 Å². The Kier molecular flexibility index (Phi) is 5.69. The second-order valence-corrected chi connectivity index (χ2v) is 8.83. The van der Waals surface area contributed by atoms with Gasteiger partial charge in [-0.2, -0.15) is 0 Å². The van der Waals surface area contributed by atoms with Gasteiger partial charge in [0.2, 0.25) is 11.6 Å². The fraction of sp³-hybridized carbons (Fsp3) is 0.179. The van der Waals surface area contributed by atoms with Crippen LogP contribution in [0.25, 0.3) is 0 Å². The first-order chi connectivity index (χ1) is 16.0. The zero-order valence-electron chi connectivity index (χ0n) is 18.0. The third-order valence-corrected chi connectivity index (χ3v) is 6.76. The highest BCUT2D eigenvalue weighted by atomic mass is 35.5. The van der Waals surface area contributed by atoms with Gasteiger partial charge in [-0.15, -0.1) is 0 Å². The van der Waals surface area contributed by atoms with Gasteiger partial charge in [0.1, 0.15) is 10.7 Å². The zero-order valence-corrected chi connectivity index (χ0v) is 18.7. The van der Waals surface area contributed by atoms with Crippen LogP contribution in [-0.4, -0.2) is 17.3 Å². The Morgan fingerprint density at radius 1 is 0.848 bits per heavy atom. The van der Waals surface area contributed by atoms with Gasteiger partial charge in [0, 0.05) is 29.7 Å². The lowest BCUT2D eigenvalue weighted by Gasteiger charge is -2.19. The Bertz CT molecular complexity index is 1320. The van der Waals surface area contributed by atoms with E-state index in [0.717, 1.165) is 30.4 Å². The number of carbonyl (C=O) groups excluding carboxylic acids is 3. The second-order valence-electron chi connectivity index (χ2n) is 8.45. The molecule has 5 heteroatoms. The summed E-state index contributed by atoms with van der Waals surface area (Å²) in [6, 6.07) is 20.2. The Hall–Kier alpha value is -3.50. The van der Waals surface area contributed by atoms with Crippen LogP contribution in [0.2, 0.25) is 0 Å². The lowest BCUT2D eigenvalue weighted by molar-refractivity contribution is 0.0974. The molecule has 33 heavy (non-hydrogen) atoms. The number of rotatable bonds is 6. The average Bonchev–Trinajstić information content (AvgIpc) is 3.33. The van der Waals surface area contributed by atoms with Crippen LogP contribution in [0.1, 0.15) is 59.7 Å². The molecule has 0 fully saturated rings. The van der Waals surface area contributed by atoms with E-state index in [-0.39, 0.29) is 28.1 Å². The van der Waals surface area contributed by atoms with Gasteiger partial charge in [0.05, 0.1) is 0 Å². The molecule has 0 unspecified atom stereocenters. The minimum atomic E-state index is -0.359. The lowest BCUT2D eigenvalue weighted by Crippen LogP contribution is -2.28. The Morgan fingerprint density at radius 3 is 2.33 bits per heavy atom. The summed E-state index contributed by atoms with van der Waals surface area (Å²) in [7, 11) is 0. The molecule has 2 aliphatic carbocycles. The van der Waals surface area contributed by atoms with Gasteiger partial charge >= 0.3 is 0 Å². The molecule has 0 saturated carbocycles. The second kappa shape index (κ2) is 8.80. The normalized spacial score (nSPS) is 14.8. The molecule has 0 amide bonds. The van der Waals surface area contributed by atoms with Crippen molar-refractivity contribution in [3.63, 3.8) is 0 Å². The van der Waals surface area contributed by atoms with Gasteiger partial charge in [-0.3, -0.25) is 14.4 Å². The molecule has 164 valence electrons. The smallest absolute Gasteiger partial charge is 0.211 e. The van der Waals surface area contributed by atoms with E-state index in [9.17, 15) is 14.4 Å². The summed E-state index contributed by atoms with van der Waals surface area (Å²) in [6.45, 7) is 0.313. The minimum Gasteiger partial charge on any atom is -0.376 e. The number of benzene rings is 3. The number of fused-ring (bicyclic) bond motifs is 2. The van der Waals surface area contributed by atoms with Crippen LogP contribution in [0.15, 0.2) is 77.5 Å². The number of hydrogen-bond donors (Lipinski definition) is 1. The number of nitrogens with one attached hydrogen (secondary N) is 1. The summed E-state index contributed by atoms with van der Waals surface area (Å²) in [6.07, 6.45) is 3.70. The lowest BCUT2D eigenvalue weighted by atomic mass is 9.92. The molecule has 2 aliphatic rings. The van der Waals surface area contributed by atoms with Crippen LogP contribution in [0.4, 0.5) is 0 Å². The largest absolute Gasteiger partial charge is 0.376 e. The Labute approximate surface area is 197 Å². The van der Waals surface area contributed by atoms with Crippen molar-refractivity contribution in [2.24, 2.45) is 0 Å². The summed E-state index contributed by atoms with van der Waals surface area (Å²) < 4.78 is 0. The van der Waals surface area contributed by atoms with Crippen LogP contribution in [-0.2, 0) is 25.8 Å². The van der Waals surface area contributed by atoms with Crippen molar-refractivity contribution in [3.05, 3.63) is 116 Å². The quantitative estimate of drug-likeness (QED) is 0.517. The van der Waals surface area contributed by atoms with E-state index < -0.39 is 0 Å². The molecular weight excluding hydrogens is 434 g/mol. The Morgan fingerprint density at radius 2 is 1.58 bits per heavy atom. The van der Waals surface area contributed by atoms with E-state index in [2.05, 4.69) is 17.4 Å². The number of ketones is 3. The van der Waals surface area contributed by atoms with E-state index in [1.54, 1.807) is 24.3 Å². The summed E-state index contributed by atoms with van der Waals surface area (Å²) >= 11 is 6.21. The van der Waals surface area contributed by atoms with Gasteiger partial charge in [-0.1, -0.05) is 78.3 Å². The van der Waals surface area contributed by atoms with E-state index in [1.807, 2.05) is 30.3 Å². The molecular formula is C28H22ClNO3. The average molecular weight is 456 g/mol. The standard InChI is InChI=1S/C28H22ClNO3/c29-25-26(28(33)23-9-2-1-8-22(23)27(25)32)30-16-17-11-13-19(14-12-17)24(31)15-20-7-3-5-18-6-4-10-21(18)20/h1-3,5,7-9,11-14,30H,4,6,10,15-16H2. The molecule has 0 radical (unpaired) electrons. The van der Waals surface area contributed by atoms with Crippen molar-refractivity contribution < 1.29 is 14.4 Å². The molecule has 3 aromatic rings. The molecule has 3 aromatic carbocycles. The third kappa shape index (κ3) is 4.03. The highest BCUT2D eigenvalue weighted by Gasteiger charge is 2.31. The number of hydrogen-bond acceptors (Lipinski definition) is 4. The number of carbonyl (C=O) groups is 3. The highest BCUT2D eigenvalue weighted by Crippen LogP contribution is 2.28. The van der Waals surface area contributed by atoms with E-state index in [4.69, 9.17) is 11.6 Å². The first kappa shape index (κ1) is 21.4. The van der Waals surface area contributed by atoms with Gasteiger partial charge in [0.25, 0.3) is 0 Å². The molecule has 4 nitrogen and oxygen atoms in total. The predicted molar refractivity (Wildman–Crippen MR) is 128 cm³/mol.